The second-order valence-corrected chi connectivity index (χ2v) is 17.4. The summed E-state index contributed by atoms with van der Waals surface area (Å²) >= 11 is 0. The van der Waals surface area contributed by atoms with Crippen LogP contribution in [0.15, 0.2) is 102 Å². The number of nitrogens with one attached hydrogen (secondary N) is 1. The summed E-state index contributed by atoms with van der Waals surface area (Å²) in [4.78, 5) is 83.5. The molecule has 62 heavy (non-hydrogen) atoms. The number of carbonyl (C=O) groups is 6. The molecule has 3 aliphatic carbocycles. The number of rotatable bonds is 10. The summed E-state index contributed by atoms with van der Waals surface area (Å²) < 4.78 is 30.3. The van der Waals surface area contributed by atoms with E-state index in [0.717, 1.165) is 13.8 Å². The number of ether oxygens (including phenoxy) is 5. The second-order valence-electron chi connectivity index (χ2n) is 17.4. The molecule has 328 valence electrons. The van der Waals surface area contributed by atoms with Crippen molar-refractivity contribution in [2.75, 3.05) is 6.61 Å². The van der Waals surface area contributed by atoms with Crippen LogP contribution in [-0.2, 0) is 42.9 Å². The minimum atomic E-state index is -2.39. The van der Waals surface area contributed by atoms with E-state index >= 15 is 4.79 Å². The Morgan fingerprint density at radius 1 is 0.903 bits per heavy atom. The first-order chi connectivity index (χ1) is 29.3. The van der Waals surface area contributed by atoms with E-state index in [0.29, 0.717) is 5.56 Å². The SMILES string of the molecule is CC(=O)O[C@@H]1C(=O)[C@@]2(C)[C@H]([C@H](OC(=O)[14c]3[14cH][14cH][14cH][14cH][14cH]3)[C@]3(O)C[C@H](OC(=O)[C@H](O)[C@@H](NC(=O)c4ccccc4)c4ccccc4)C(C)=C1C3(C)C)[C@]1(OC(C)=O)CO[C@@H]1C[C@@H]2O. The van der Waals surface area contributed by atoms with Crippen LogP contribution in [0, 0.1) is 16.7 Å². The van der Waals surface area contributed by atoms with Crippen LogP contribution in [0.4, 0.5) is 0 Å². The van der Waals surface area contributed by atoms with E-state index in [2.05, 4.69) is 5.32 Å². The van der Waals surface area contributed by atoms with E-state index in [4.69, 9.17) is 23.7 Å². The van der Waals surface area contributed by atoms with Crippen molar-refractivity contribution in [2.45, 2.75) is 108 Å². The highest BCUT2D eigenvalue weighted by Gasteiger charge is 2.78. The molecule has 11 atom stereocenters. The summed E-state index contributed by atoms with van der Waals surface area (Å²) in [5.74, 6) is -6.84. The highest BCUT2D eigenvalue weighted by Crippen LogP contribution is 2.64. The number of amides is 1. The van der Waals surface area contributed by atoms with Gasteiger partial charge in [-0.15, -0.1) is 0 Å². The van der Waals surface area contributed by atoms with Crippen molar-refractivity contribution in [3.05, 3.63) is 119 Å². The summed E-state index contributed by atoms with van der Waals surface area (Å²) in [5, 5.41) is 40.2. The Morgan fingerprint density at radius 2 is 1.53 bits per heavy atom. The maximum Gasteiger partial charge on any atom is 0.338 e. The monoisotopic (exact) mass is 865 g/mol. The van der Waals surface area contributed by atoms with Gasteiger partial charge in [-0.25, -0.2) is 9.59 Å². The van der Waals surface area contributed by atoms with Crippen molar-refractivity contribution in [3.63, 3.8) is 0 Å². The molecule has 1 aliphatic heterocycles. The quantitative estimate of drug-likeness (QED) is 0.130. The lowest BCUT2D eigenvalue weighted by Gasteiger charge is -2.67. The highest BCUT2D eigenvalue weighted by molar-refractivity contribution is 5.96. The molecular formula is C47H51NO14. The lowest BCUT2D eigenvalue weighted by atomic mass is 9.44. The molecule has 1 saturated heterocycles. The van der Waals surface area contributed by atoms with E-state index in [1.165, 1.54) is 26.0 Å². The molecule has 0 spiro atoms. The van der Waals surface area contributed by atoms with Crippen LogP contribution in [0.25, 0.3) is 0 Å². The number of hydrogen-bond acceptors (Lipinski definition) is 14. The molecule has 1 amide bonds. The number of carbonyl (C=O) groups excluding carboxylic acids is 6. The van der Waals surface area contributed by atoms with Crippen LogP contribution in [0.3, 0.4) is 0 Å². The minimum absolute atomic E-state index is 0.00289. The third kappa shape index (κ3) is 7.29. The molecule has 0 unspecified atom stereocenters. The van der Waals surface area contributed by atoms with Gasteiger partial charge < -0.3 is 44.3 Å². The Bertz CT molecular complexity index is 2280. The number of Topliss-reactive ketones (excluding diaryl/α,β-unsaturated/α-hetero) is 1. The Labute approximate surface area is 358 Å². The minimum Gasteiger partial charge on any atom is -0.456 e. The third-order valence-electron chi connectivity index (χ3n) is 13.5. The molecule has 4 aliphatic rings. The van der Waals surface area contributed by atoms with E-state index in [1.54, 1.807) is 92.7 Å². The van der Waals surface area contributed by atoms with Crippen molar-refractivity contribution < 1.29 is 67.8 Å². The van der Waals surface area contributed by atoms with E-state index in [-0.39, 0.29) is 35.3 Å². The van der Waals surface area contributed by atoms with Crippen LogP contribution in [-0.4, -0.2) is 105 Å². The third-order valence-corrected chi connectivity index (χ3v) is 13.5. The number of esters is 4. The van der Waals surface area contributed by atoms with Gasteiger partial charge in [0.25, 0.3) is 5.91 Å². The first-order valence-corrected chi connectivity index (χ1v) is 20.5. The zero-order chi connectivity index (χ0) is 44.9. The standard InChI is InChI=1S/C47H51NO14/c1-25-31(60-43(56)36(52)35(28-16-10-7-11-17-28)48-41(54)29-18-12-8-13-19-29)23-47(57)40(61-42(55)30-20-14-9-15-21-30)38-45(6,32(51)22-33-46(38,24-58-33)62-27(3)50)39(53)37(59-26(2)49)34(25)44(47,4)5/h7-21,31-33,35-38,40,51-52,57H,22-24H2,1-6H3,(H,48,54)/t31-,32-,33+,35-,36+,37-,38-,40-,45+,46-,47+/m0/s1/i9+2,14+2,15+2,20+2,21+2,30+2. The zero-order valence-corrected chi connectivity index (χ0v) is 35.2. The molecule has 2 saturated carbocycles. The fourth-order valence-corrected chi connectivity index (χ4v) is 10.2. The highest BCUT2D eigenvalue weighted by atomic mass is 16.6. The van der Waals surface area contributed by atoms with Gasteiger partial charge in [0.05, 0.1) is 35.6 Å². The van der Waals surface area contributed by atoms with Gasteiger partial charge in [-0.3, -0.25) is 19.2 Å². The predicted octanol–water partition coefficient (Wildman–Crippen LogP) is 3.74. The molecule has 3 aromatic rings. The summed E-state index contributed by atoms with van der Waals surface area (Å²) in [6.45, 7) is 7.97. The Kier molecular flexibility index (Phi) is 11.8. The first-order valence-electron chi connectivity index (χ1n) is 20.5. The van der Waals surface area contributed by atoms with Crippen LogP contribution in [0.5, 0.6) is 0 Å². The van der Waals surface area contributed by atoms with Gasteiger partial charge in [0.2, 0.25) is 0 Å². The van der Waals surface area contributed by atoms with Crippen molar-refractivity contribution in [1.82, 2.24) is 5.32 Å². The van der Waals surface area contributed by atoms with Crippen LogP contribution in [0.1, 0.15) is 86.7 Å². The molecule has 3 fully saturated rings. The normalized spacial score (nSPS) is 31.9. The largest absolute Gasteiger partial charge is 0.456 e. The molecular weight excluding hydrogens is 814 g/mol. The van der Waals surface area contributed by atoms with Crippen molar-refractivity contribution >= 4 is 35.6 Å². The smallest absolute Gasteiger partial charge is 0.338 e. The number of hydrogen-bond donors (Lipinski definition) is 4. The maximum atomic E-state index is 15.5. The van der Waals surface area contributed by atoms with Crippen molar-refractivity contribution in [1.29, 1.82) is 0 Å². The van der Waals surface area contributed by atoms with Gasteiger partial charge in [0, 0.05) is 37.7 Å². The molecule has 0 aromatic heterocycles. The first kappa shape index (κ1) is 44.3. The Morgan fingerprint density at radius 3 is 2.11 bits per heavy atom. The van der Waals surface area contributed by atoms with Gasteiger partial charge >= 0.3 is 23.9 Å². The van der Waals surface area contributed by atoms with E-state index in [9.17, 15) is 39.3 Å². The molecule has 15 heteroatoms. The number of aliphatic hydroxyl groups excluding tert-OH is 2. The van der Waals surface area contributed by atoms with Crippen LogP contribution >= 0.6 is 0 Å². The molecule has 0 radical (unpaired) electrons. The van der Waals surface area contributed by atoms with Crippen LogP contribution < -0.4 is 5.32 Å². The number of ketones is 1. The lowest BCUT2D eigenvalue weighted by Crippen LogP contribution is -2.82. The van der Waals surface area contributed by atoms with Crippen molar-refractivity contribution in [2.24, 2.45) is 16.7 Å². The van der Waals surface area contributed by atoms with E-state index in [1.807, 2.05) is 0 Å². The van der Waals surface area contributed by atoms with Gasteiger partial charge in [0.1, 0.15) is 23.9 Å². The molecule has 4 N–H and O–H groups in total. The molecule has 15 nitrogen and oxygen atoms in total. The van der Waals surface area contributed by atoms with Gasteiger partial charge in [-0.2, -0.15) is 0 Å². The number of fused-ring (bicyclic) bond motifs is 5. The molecule has 3 aromatic carbocycles. The summed E-state index contributed by atoms with van der Waals surface area (Å²) in [6.07, 6.45) is -10.5. The Balaban J connectivity index is 1.39. The van der Waals surface area contributed by atoms with Gasteiger partial charge in [-0.05, 0) is 54.8 Å². The fraction of sp³-hybridized carbons (Fsp3) is 0.447. The molecule has 2 bridgehead atoms. The summed E-state index contributed by atoms with van der Waals surface area (Å²) in [7, 11) is 0. The summed E-state index contributed by atoms with van der Waals surface area (Å²) in [6, 6.07) is 22.9. The van der Waals surface area contributed by atoms with Crippen molar-refractivity contribution in [3.8, 4) is 0 Å². The summed E-state index contributed by atoms with van der Waals surface area (Å²) in [5.41, 5.74) is -7.02. The predicted molar refractivity (Wildman–Crippen MR) is 218 cm³/mol. The van der Waals surface area contributed by atoms with Gasteiger partial charge in [0.15, 0.2) is 23.6 Å². The average molecular weight is 866 g/mol. The second kappa shape index (κ2) is 16.5. The van der Waals surface area contributed by atoms with E-state index < -0.39 is 113 Å². The maximum absolute atomic E-state index is 15.5. The fourth-order valence-electron chi connectivity index (χ4n) is 10.2. The topological polar surface area (TPSA) is 221 Å². The Hall–Kier alpha value is -5.74. The van der Waals surface area contributed by atoms with Gasteiger partial charge in [-0.1, -0.05) is 80.6 Å². The molecule has 1 heterocycles. The average Bonchev–Trinajstić information content (AvgIpc) is 3.24. The van der Waals surface area contributed by atoms with Crippen LogP contribution in [0.2, 0.25) is 0 Å². The lowest BCUT2D eigenvalue weighted by molar-refractivity contribution is -0.346. The number of aliphatic hydroxyl groups is 3. The number of benzene rings is 3. The zero-order valence-electron chi connectivity index (χ0n) is 35.2. The molecule has 7 rings (SSSR count).